The van der Waals surface area contributed by atoms with Gasteiger partial charge in [0.05, 0.1) is 12.2 Å². The second-order valence-corrected chi connectivity index (χ2v) is 5.50. The number of carbonyl (C=O) groups excluding carboxylic acids is 1. The number of carbonyl (C=O) groups is 1. The van der Waals surface area contributed by atoms with Crippen LogP contribution in [0.4, 0.5) is 13.2 Å². The van der Waals surface area contributed by atoms with Crippen LogP contribution in [-0.4, -0.2) is 20.3 Å². The Bertz CT molecular complexity index is 990. The number of primary amides is 1. The molecule has 2 heterocycles. The van der Waals surface area contributed by atoms with Crippen LogP contribution in [0.1, 0.15) is 21.6 Å². The number of pyridine rings is 1. The third-order valence-electron chi connectivity index (χ3n) is 3.78. The van der Waals surface area contributed by atoms with Gasteiger partial charge in [-0.2, -0.15) is 18.3 Å². The molecule has 2 aromatic heterocycles. The Balaban J connectivity index is 2.02. The lowest BCUT2D eigenvalue weighted by Crippen LogP contribution is -2.34. The van der Waals surface area contributed by atoms with Crippen molar-refractivity contribution in [1.29, 1.82) is 0 Å². The van der Waals surface area contributed by atoms with Gasteiger partial charge in [-0.05, 0) is 35.9 Å². The van der Waals surface area contributed by atoms with Crippen molar-refractivity contribution in [1.82, 2.24) is 14.3 Å². The zero-order chi connectivity index (χ0) is 18.9. The highest BCUT2D eigenvalue weighted by atomic mass is 19.4. The summed E-state index contributed by atoms with van der Waals surface area (Å²) < 4.78 is 41.8. The van der Waals surface area contributed by atoms with E-state index >= 15 is 0 Å². The second kappa shape index (κ2) is 6.51. The Hall–Kier alpha value is -3.36. The molecule has 3 aromatic rings. The standard InChI is InChI=1S/C17H13F3N4O2/c18-17(19,20)14-7-6-13(15(21)25)16(26)23(14)10-11-2-4-12(5-3-11)24-9-1-8-22-24/h1-9H,10H2,(H2,21,25). The highest BCUT2D eigenvalue weighted by molar-refractivity contribution is 5.92. The maximum absolute atomic E-state index is 13.2. The van der Waals surface area contributed by atoms with E-state index in [2.05, 4.69) is 5.10 Å². The highest BCUT2D eigenvalue weighted by Crippen LogP contribution is 2.29. The van der Waals surface area contributed by atoms with Crippen molar-refractivity contribution in [3.05, 3.63) is 82.0 Å². The van der Waals surface area contributed by atoms with Crippen LogP contribution < -0.4 is 11.3 Å². The van der Waals surface area contributed by atoms with Gasteiger partial charge in [0.15, 0.2) is 0 Å². The zero-order valence-corrected chi connectivity index (χ0v) is 13.3. The van der Waals surface area contributed by atoms with Gasteiger partial charge in [0, 0.05) is 12.4 Å². The number of amides is 1. The molecule has 3 rings (SSSR count). The predicted octanol–water partition coefficient (Wildman–Crippen LogP) is 2.20. The second-order valence-electron chi connectivity index (χ2n) is 5.50. The monoisotopic (exact) mass is 362 g/mol. The average Bonchev–Trinajstić information content (AvgIpc) is 3.10. The number of benzene rings is 1. The maximum Gasteiger partial charge on any atom is 0.431 e. The molecule has 26 heavy (non-hydrogen) atoms. The summed E-state index contributed by atoms with van der Waals surface area (Å²) in [5.41, 5.74) is 3.51. The van der Waals surface area contributed by atoms with Crippen LogP contribution in [-0.2, 0) is 12.7 Å². The van der Waals surface area contributed by atoms with Crippen LogP contribution in [0.5, 0.6) is 0 Å². The molecule has 0 aliphatic carbocycles. The molecular formula is C17H13F3N4O2. The maximum atomic E-state index is 13.2. The number of nitrogens with two attached hydrogens (primary N) is 1. The number of hydrogen-bond acceptors (Lipinski definition) is 3. The summed E-state index contributed by atoms with van der Waals surface area (Å²) in [6.45, 7) is -0.353. The largest absolute Gasteiger partial charge is 0.431 e. The summed E-state index contributed by atoms with van der Waals surface area (Å²) >= 11 is 0. The van der Waals surface area contributed by atoms with E-state index in [1.165, 1.54) is 0 Å². The predicted molar refractivity (Wildman–Crippen MR) is 86.9 cm³/mol. The fourth-order valence-electron chi connectivity index (χ4n) is 2.53. The van der Waals surface area contributed by atoms with E-state index in [4.69, 9.17) is 5.73 Å². The molecule has 0 atom stereocenters. The van der Waals surface area contributed by atoms with Crippen molar-refractivity contribution in [2.75, 3.05) is 0 Å². The van der Waals surface area contributed by atoms with Crippen molar-refractivity contribution in [3.8, 4) is 5.69 Å². The van der Waals surface area contributed by atoms with E-state index in [1.54, 1.807) is 47.4 Å². The zero-order valence-electron chi connectivity index (χ0n) is 13.3. The molecule has 0 bridgehead atoms. The van der Waals surface area contributed by atoms with Crippen molar-refractivity contribution < 1.29 is 18.0 Å². The fourth-order valence-corrected chi connectivity index (χ4v) is 2.53. The third-order valence-corrected chi connectivity index (χ3v) is 3.78. The molecule has 9 heteroatoms. The molecule has 0 unspecified atom stereocenters. The molecule has 1 amide bonds. The van der Waals surface area contributed by atoms with E-state index in [0.717, 1.165) is 6.07 Å². The lowest BCUT2D eigenvalue weighted by atomic mass is 10.1. The molecule has 0 saturated heterocycles. The van der Waals surface area contributed by atoms with E-state index in [0.29, 0.717) is 21.9 Å². The van der Waals surface area contributed by atoms with Gasteiger partial charge >= 0.3 is 6.18 Å². The minimum absolute atomic E-state index is 0.353. The number of hydrogen-bond donors (Lipinski definition) is 1. The third kappa shape index (κ3) is 3.37. The molecule has 2 N–H and O–H groups in total. The van der Waals surface area contributed by atoms with Gasteiger partial charge in [0.1, 0.15) is 11.3 Å². The smallest absolute Gasteiger partial charge is 0.365 e. The summed E-state index contributed by atoms with van der Waals surface area (Å²) in [7, 11) is 0. The number of rotatable bonds is 4. The molecule has 0 saturated carbocycles. The van der Waals surface area contributed by atoms with Crippen molar-refractivity contribution in [3.63, 3.8) is 0 Å². The molecule has 6 nitrogen and oxygen atoms in total. The first-order chi connectivity index (χ1) is 12.3. The number of halogens is 3. The lowest BCUT2D eigenvalue weighted by molar-refractivity contribution is -0.144. The van der Waals surface area contributed by atoms with Gasteiger partial charge in [-0.25, -0.2) is 4.68 Å². The van der Waals surface area contributed by atoms with Crippen LogP contribution in [0.2, 0.25) is 0 Å². The fraction of sp³-hybridized carbons (Fsp3) is 0.118. The van der Waals surface area contributed by atoms with Gasteiger partial charge in [-0.3, -0.25) is 14.2 Å². The minimum atomic E-state index is -4.75. The van der Waals surface area contributed by atoms with E-state index in [9.17, 15) is 22.8 Å². The van der Waals surface area contributed by atoms with Gasteiger partial charge in [-0.1, -0.05) is 12.1 Å². The summed E-state index contributed by atoms with van der Waals surface area (Å²) in [6, 6.07) is 9.71. The summed E-state index contributed by atoms with van der Waals surface area (Å²) in [6.07, 6.45) is -1.43. The van der Waals surface area contributed by atoms with Crippen LogP contribution in [0.3, 0.4) is 0 Å². The normalized spacial score (nSPS) is 11.5. The number of nitrogens with zero attached hydrogens (tertiary/aromatic N) is 3. The minimum Gasteiger partial charge on any atom is -0.365 e. The topological polar surface area (TPSA) is 82.9 Å². The van der Waals surface area contributed by atoms with Gasteiger partial charge < -0.3 is 5.73 Å². The van der Waals surface area contributed by atoms with Gasteiger partial charge in [0.2, 0.25) is 0 Å². The van der Waals surface area contributed by atoms with E-state index in [1.807, 2.05) is 0 Å². The van der Waals surface area contributed by atoms with Gasteiger partial charge in [-0.15, -0.1) is 0 Å². The summed E-state index contributed by atoms with van der Waals surface area (Å²) in [5, 5.41) is 4.05. The number of alkyl halides is 3. The first-order valence-corrected chi connectivity index (χ1v) is 7.47. The Morgan fingerprint density at radius 1 is 1.12 bits per heavy atom. The SMILES string of the molecule is NC(=O)c1ccc(C(F)(F)F)n(Cc2ccc(-n3cccn3)cc2)c1=O. The molecule has 0 fully saturated rings. The first-order valence-electron chi connectivity index (χ1n) is 7.47. The van der Waals surface area contributed by atoms with Crippen LogP contribution >= 0.6 is 0 Å². The van der Waals surface area contributed by atoms with Gasteiger partial charge in [0.25, 0.3) is 11.5 Å². The molecule has 0 aliphatic heterocycles. The molecule has 0 spiro atoms. The number of aromatic nitrogens is 3. The lowest BCUT2D eigenvalue weighted by Gasteiger charge is -2.16. The quantitative estimate of drug-likeness (QED) is 0.772. The molecule has 0 radical (unpaired) electrons. The summed E-state index contributed by atoms with van der Waals surface area (Å²) in [5.74, 6) is -1.08. The van der Waals surface area contributed by atoms with Crippen LogP contribution in [0.25, 0.3) is 5.69 Å². The first kappa shape index (κ1) is 17.5. The van der Waals surface area contributed by atoms with Crippen molar-refractivity contribution in [2.45, 2.75) is 12.7 Å². The van der Waals surface area contributed by atoms with Crippen LogP contribution in [0, 0.1) is 0 Å². The Labute approximate surface area is 145 Å². The van der Waals surface area contributed by atoms with Crippen molar-refractivity contribution in [2.24, 2.45) is 5.73 Å². The molecular weight excluding hydrogens is 349 g/mol. The Kier molecular flexibility index (Phi) is 4.37. The van der Waals surface area contributed by atoms with Crippen molar-refractivity contribution >= 4 is 5.91 Å². The Morgan fingerprint density at radius 3 is 2.35 bits per heavy atom. The molecule has 1 aromatic carbocycles. The molecule has 0 aliphatic rings. The average molecular weight is 362 g/mol. The van der Waals surface area contributed by atoms with E-state index < -0.39 is 28.9 Å². The van der Waals surface area contributed by atoms with E-state index in [-0.39, 0.29) is 6.54 Å². The Morgan fingerprint density at radius 2 is 1.81 bits per heavy atom. The van der Waals surface area contributed by atoms with Crippen LogP contribution in [0.15, 0.2) is 59.7 Å². The highest BCUT2D eigenvalue weighted by Gasteiger charge is 2.35. The molecule has 134 valence electrons. The summed E-state index contributed by atoms with van der Waals surface area (Å²) in [4.78, 5) is 23.6.